The van der Waals surface area contributed by atoms with Crippen molar-refractivity contribution in [3.05, 3.63) is 102 Å². The quantitative estimate of drug-likeness (QED) is 0.380. The Labute approximate surface area is 217 Å². The van der Waals surface area contributed by atoms with Crippen molar-refractivity contribution >= 4 is 36.4 Å². The second kappa shape index (κ2) is 11.8. The maximum absolute atomic E-state index is 13.5. The number of ether oxygens (including phenoxy) is 1. The van der Waals surface area contributed by atoms with E-state index in [0.29, 0.717) is 30.9 Å². The summed E-state index contributed by atoms with van der Waals surface area (Å²) in [5.41, 5.74) is 6.19. The van der Waals surface area contributed by atoms with Crippen molar-refractivity contribution < 1.29 is 9.53 Å². The Kier molecular flexibility index (Phi) is 8.79. The molecular weight excluding hydrogens is 483 g/mol. The number of hydrogen-bond donors (Lipinski definition) is 1. The van der Waals surface area contributed by atoms with E-state index in [1.165, 1.54) is 0 Å². The second-order valence-electron chi connectivity index (χ2n) is 8.13. The van der Waals surface area contributed by atoms with E-state index in [1.54, 1.807) is 13.4 Å². The monoisotopic (exact) mass is 510 g/mol. The predicted octanol–water partition coefficient (Wildman–Crippen LogP) is 5.59. The highest BCUT2D eigenvalue weighted by atomic mass is 35.5. The Morgan fingerprint density at radius 2 is 1.74 bits per heavy atom. The van der Waals surface area contributed by atoms with E-state index in [4.69, 9.17) is 4.74 Å². The third-order valence-electron chi connectivity index (χ3n) is 6.07. The number of para-hydroxylation sites is 1. The molecule has 8 heteroatoms. The van der Waals surface area contributed by atoms with Gasteiger partial charge in [-0.1, -0.05) is 48.5 Å². The maximum atomic E-state index is 13.5. The molecule has 6 nitrogen and oxygen atoms in total. The number of nitrogens with one attached hydrogen (secondary N) is 1. The average Bonchev–Trinajstić information content (AvgIpc) is 3.32. The van der Waals surface area contributed by atoms with Crippen LogP contribution in [-0.2, 0) is 13.1 Å². The molecule has 2 heterocycles. The lowest BCUT2D eigenvalue weighted by molar-refractivity contribution is 0.0748. The summed E-state index contributed by atoms with van der Waals surface area (Å²) >= 11 is 0. The smallest absolute Gasteiger partial charge is 0.257 e. The molecule has 1 aromatic heterocycles. The number of methoxy groups -OCH3 is 1. The van der Waals surface area contributed by atoms with Crippen LogP contribution in [0.5, 0.6) is 5.75 Å². The average molecular weight is 511 g/mol. The van der Waals surface area contributed by atoms with Crippen molar-refractivity contribution in [1.29, 1.82) is 0 Å². The van der Waals surface area contributed by atoms with Crippen LogP contribution in [0.3, 0.4) is 0 Å². The predicted molar refractivity (Wildman–Crippen MR) is 144 cm³/mol. The van der Waals surface area contributed by atoms with Crippen molar-refractivity contribution in [3.63, 3.8) is 0 Å². The second-order valence-corrected chi connectivity index (χ2v) is 8.13. The maximum Gasteiger partial charge on any atom is 0.257 e. The van der Waals surface area contributed by atoms with Gasteiger partial charge in [-0.15, -0.1) is 24.8 Å². The van der Waals surface area contributed by atoms with Gasteiger partial charge in [0.2, 0.25) is 0 Å². The number of carbonyl (C=O) groups is 1. The summed E-state index contributed by atoms with van der Waals surface area (Å²) in [5, 5.41) is 0. The van der Waals surface area contributed by atoms with Crippen LogP contribution in [0.15, 0.2) is 85.3 Å². The molecular formula is C27H28Cl2N4O2. The summed E-state index contributed by atoms with van der Waals surface area (Å²) in [4.78, 5) is 25.1. The molecule has 1 amide bonds. The molecule has 0 atom stereocenters. The Hall–Kier alpha value is -3.48. The van der Waals surface area contributed by atoms with Crippen molar-refractivity contribution in [3.8, 4) is 16.9 Å². The third-order valence-corrected chi connectivity index (χ3v) is 6.07. The van der Waals surface area contributed by atoms with Crippen molar-refractivity contribution in [2.45, 2.75) is 13.1 Å². The molecule has 1 aliphatic heterocycles. The fourth-order valence-electron chi connectivity index (χ4n) is 4.38. The molecule has 4 aromatic rings. The Bertz CT molecular complexity index is 1250. The molecule has 0 spiro atoms. The van der Waals surface area contributed by atoms with Crippen LogP contribution in [-0.4, -0.2) is 41.0 Å². The molecule has 3 aromatic carbocycles. The molecule has 0 bridgehead atoms. The van der Waals surface area contributed by atoms with Crippen LogP contribution in [0.25, 0.3) is 11.1 Å². The number of benzene rings is 3. The van der Waals surface area contributed by atoms with E-state index in [0.717, 1.165) is 34.6 Å². The van der Waals surface area contributed by atoms with Gasteiger partial charge in [-0.05, 0) is 41.0 Å². The van der Waals surface area contributed by atoms with Crippen molar-refractivity contribution in [2.24, 2.45) is 0 Å². The minimum atomic E-state index is -0.0214. The van der Waals surface area contributed by atoms with Crippen molar-refractivity contribution in [1.82, 2.24) is 14.9 Å². The lowest BCUT2D eigenvalue weighted by Crippen LogP contribution is -2.35. The van der Waals surface area contributed by atoms with E-state index < -0.39 is 0 Å². The molecule has 5 rings (SSSR count). The Balaban J connectivity index is 0.00000171. The minimum absolute atomic E-state index is 0. The highest BCUT2D eigenvalue weighted by Crippen LogP contribution is 2.32. The zero-order valence-corrected chi connectivity index (χ0v) is 21.0. The number of anilines is 1. The Morgan fingerprint density at radius 3 is 2.49 bits per heavy atom. The number of amides is 1. The molecule has 1 N–H and O–H groups in total. The van der Waals surface area contributed by atoms with E-state index in [2.05, 4.69) is 45.2 Å². The van der Waals surface area contributed by atoms with E-state index in [-0.39, 0.29) is 30.7 Å². The van der Waals surface area contributed by atoms with Gasteiger partial charge in [0, 0.05) is 31.5 Å². The molecule has 0 fully saturated rings. The van der Waals surface area contributed by atoms with Gasteiger partial charge in [0.1, 0.15) is 5.75 Å². The van der Waals surface area contributed by atoms with Crippen LogP contribution in [0, 0.1) is 0 Å². The largest absolute Gasteiger partial charge is 0.496 e. The number of imidazole rings is 1. The number of rotatable bonds is 5. The molecule has 182 valence electrons. The number of aromatic amines is 1. The number of aromatic nitrogens is 2. The minimum Gasteiger partial charge on any atom is -0.496 e. The molecule has 35 heavy (non-hydrogen) atoms. The van der Waals surface area contributed by atoms with E-state index >= 15 is 0 Å². The number of H-pyrrole nitrogens is 1. The molecule has 0 saturated carbocycles. The van der Waals surface area contributed by atoms with E-state index in [9.17, 15) is 4.79 Å². The summed E-state index contributed by atoms with van der Waals surface area (Å²) in [7, 11) is 1.60. The summed E-state index contributed by atoms with van der Waals surface area (Å²) in [5.74, 6) is 0.575. The number of halogens is 2. The van der Waals surface area contributed by atoms with Crippen LogP contribution in [0.2, 0.25) is 0 Å². The zero-order chi connectivity index (χ0) is 22.6. The van der Waals surface area contributed by atoms with Crippen LogP contribution in [0.1, 0.15) is 21.6 Å². The summed E-state index contributed by atoms with van der Waals surface area (Å²) in [6, 6.07) is 24.3. The van der Waals surface area contributed by atoms with Crippen molar-refractivity contribution in [2.75, 3.05) is 25.1 Å². The molecule has 0 unspecified atom stereocenters. The molecule has 0 aliphatic carbocycles. The first kappa shape index (κ1) is 26.1. The van der Waals surface area contributed by atoms with Gasteiger partial charge in [0.15, 0.2) is 0 Å². The van der Waals surface area contributed by atoms with Crippen LogP contribution in [0.4, 0.5) is 5.69 Å². The van der Waals surface area contributed by atoms with Gasteiger partial charge in [0.05, 0.1) is 31.2 Å². The molecule has 1 aliphatic rings. The first-order valence-electron chi connectivity index (χ1n) is 11.1. The Morgan fingerprint density at radius 1 is 0.971 bits per heavy atom. The van der Waals surface area contributed by atoms with Crippen LogP contribution >= 0.6 is 24.8 Å². The lowest BCUT2D eigenvalue weighted by Gasteiger charge is -2.24. The first-order chi connectivity index (χ1) is 16.2. The van der Waals surface area contributed by atoms with Gasteiger partial charge in [0.25, 0.3) is 5.91 Å². The molecule has 0 saturated heterocycles. The van der Waals surface area contributed by atoms with Gasteiger partial charge in [-0.3, -0.25) is 4.79 Å². The number of nitrogens with zero attached hydrogens (tertiary/aromatic N) is 3. The standard InChI is InChI=1S/C27H26N4O2.2ClH/c1-33-26-10-6-5-9-24(26)27(32)31-14-13-30(18-23-16-28-19-29-23)25-12-11-21(15-22(25)17-31)20-7-3-2-4-8-20;;/h2-12,15-16,19H,13-14,17-18H2,1H3,(H,28,29);2*1H. The fourth-order valence-corrected chi connectivity index (χ4v) is 4.38. The highest BCUT2D eigenvalue weighted by Gasteiger charge is 2.26. The normalized spacial score (nSPS) is 12.6. The number of carbonyl (C=O) groups excluding carboxylic acids is 1. The summed E-state index contributed by atoms with van der Waals surface area (Å²) < 4.78 is 5.46. The topological polar surface area (TPSA) is 61.5 Å². The highest BCUT2D eigenvalue weighted by molar-refractivity contribution is 5.97. The van der Waals surface area contributed by atoms with Crippen LogP contribution < -0.4 is 9.64 Å². The number of fused-ring (bicyclic) bond motifs is 1. The molecule has 0 radical (unpaired) electrons. The summed E-state index contributed by atoms with van der Waals surface area (Å²) in [6.07, 6.45) is 3.55. The lowest BCUT2D eigenvalue weighted by atomic mass is 10.0. The fraction of sp³-hybridized carbons (Fsp3) is 0.185. The first-order valence-corrected chi connectivity index (χ1v) is 11.1. The SMILES string of the molecule is COc1ccccc1C(=O)N1CCN(Cc2cnc[nH]2)c2ccc(-c3ccccc3)cc2C1.Cl.Cl. The van der Waals surface area contributed by atoms with Gasteiger partial charge >= 0.3 is 0 Å². The van der Waals surface area contributed by atoms with E-state index in [1.807, 2.05) is 53.6 Å². The van der Waals surface area contributed by atoms with Gasteiger partial charge in [-0.25, -0.2) is 4.98 Å². The summed E-state index contributed by atoms with van der Waals surface area (Å²) in [6.45, 7) is 2.57. The number of hydrogen-bond acceptors (Lipinski definition) is 4. The third kappa shape index (κ3) is 5.61. The van der Waals surface area contributed by atoms with Gasteiger partial charge in [-0.2, -0.15) is 0 Å². The van der Waals surface area contributed by atoms with Gasteiger partial charge < -0.3 is 19.5 Å². The zero-order valence-electron chi connectivity index (χ0n) is 19.4.